The molecule has 2 rings (SSSR count). The molecule has 0 bridgehead atoms. The molecule has 0 N–H and O–H groups in total. The number of hydrogen-bond acceptors (Lipinski definition) is 3. The Kier molecular flexibility index (Phi) is 2.98. The molecule has 0 aromatic carbocycles. The van der Waals surface area contributed by atoms with Gasteiger partial charge in [0.25, 0.3) is 0 Å². The van der Waals surface area contributed by atoms with Gasteiger partial charge in [0.1, 0.15) is 0 Å². The average molecular weight is 170 g/mol. The van der Waals surface area contributed by atoms with Gasteiger partial charge in [-0.25, -0.2) is 0 Å². The summed E-state index contributed by atoms with van der Waals surface area (Å²) in [5.74, 6) is 0.420. The van der Waals surface area contributed by atoms with Crippen LogP contribution in [0.25, 0.3) is 0 Å². The van der Waals surface area contributed by atoms with E-state index in [9.17, 15) is 0 Å². The fourth-order valence-corrected chi connectivity index (χ4v) is 1.65. The first-order chi connectivity index (χ1) is 5.97. The third-order valence-electron chi connectivity index (χ3n) is 2.37. The first-order valence-electron chi connectivity index (χ1n) is 4.45. The summed E-state index contributed by atoms with van der Waals surface area (Å²) >= 11 is 0. The van der Waals surface area contributed by atoms with E-state index in [1.807, 2.05) is 0 Å². The molecule has 0 aromatic rings. The Morgan fingerprint density at radius 1 is 1.17 bits per heavy atom. The third kappa shape index (κ3) is 1.97. The smallest absolute Gasteiger partial charge is 0.209 e. The summed E-state index contributed by atoms with van der Waals surface area (Å²) < 4.78 is 15.8. The molecule has 2 aliphatic rings. The van der Waals surface area contributed by atoms with Gasteiger partial charge in [0, 0.05) is 5.92 Å². The Morgan fingerprint density at radius 2 is 2.00 bits per heavy atom. The summed E-state index contributed by atoms with van der Waals surface area (Å²) in [6.07, 6.45) is 4.78. The van der Waals surface area contributed by atoms with Crippen LogP contribution in [-0.2, 0) is 14.2 Å². The van der Waals surface area contributed by atoms with Crippen LogP contribution >= 0.6 is 0 Å². The van der Waals surface area contributed by atoms with Crippen molar-refractivity contribution in [1.82, 2.24) is 0 Å². The van der Waals surface area contributed by atoms with Crippen molar-refractivity contribution in [2.75, 3.05) is 19.8 Å². The lowest BCUT2D eigenvalue weighted by molar-refractivity contribution is -0.116. The highest BCUT2D eigenvalue weighted by atomic mass is 16.7. The predicted octanol–water partition coefficient (Wildman–Crippen LogP) is 1.15. The van der Waals surface area contributed by atoms with E-state index < -0.39 is 0 Å². The second-order valence-electron chi connectivity index (χ2n) is 3.26. The van der Waals surface area contributed by atoms with Crippen molar-refractivity contribution in [3.05, 3.63) is 13.2 Å². The van der Waals surface area contributed by atoms with Crippen LogP contribution in [0.15, 0.2) is 0 Å². The van der Waals surface area contributed by atoms with Gasteiger partial charge in [-0.1, -0.05) is 0 Å². The van der Waals surface area contributed by atoms with E-state index in [4.69, 9.17) is 14.2 Å². The molecule has 2 heterocycles. The van der Waals surface area contributed by atoms with Crippen molar-refractivity contribution in [2.45, 2.75) is 18.9 Å². The van der Waals surface area contributed by atoms with E-state index in [-0.39, 0.29) is 0 Å². The van der Waals surface area contributed by atoms with Gasteiger partial charge in [-0.05, 0) is 19.3 Å². The summed E-state index contributed by atoms with van der Waals surface area (Å²) in [5, 5.41) is 0. The van der Waals surface area contributed by atoms with Gasteiger partial charge in [-0.2, -0.15) is 0 Å². The van der Waals surface area contributed by atoms with E-state index >= 15 is 0 Å². The number of ether oxygens (including phenoxy) is 3. The number of hydrogen-bond donors (Lipinski definition) is 0. The minimum Gasteiger partial charge on any atom is -0.377 e. The predicted molar refractivity (Wildman–Crippen MR) is 43.0 cm³/mol. The molecule has 0 spiro atoms. The Bertz CT molecular complexity index is 110. The molecule has 2 saturated heterocycles. The summed E-state index contributed by atoms with van der Waals surface area (Å²) in [6, 6.07) is 0. The molecule has 0 saturated carbocycles. The van der Waals surface area contributed by atoms with Gasteiger partial charge >= 0.3 is 0 Å². The second-order valence-corrected chi connectivity index (χ2v) is 3.26. The molecule has 0 aromatic heterocycles. The lowest BCUT2D eigenvalue weighted by Crippen LogP contribution is -2.36. The number of rotatable bonds is 1. The van der Waals surface area contributed by atoms with Gasteiger partial charge in [-0.3, -0.25) is 0 Å². The highest BCUT2D eigenvalue weighted by Gasteiger charge is 2.27. The van der Waals surface area contributed by atoms with E-state index in [1.165, 1.54) is 6.79 Å². The van der Waals surface area contributed by atoms with Crippen LogP contribution in [-0.4, -0.2) is 25.9 Å². The molecule has 2 radical (unpaired) electrons. The fourth-order valence-electron chi connectivity index (χ4n) is 1.65. The lowest BCUT2D eigenvalue weighted by Gasteiger charge is -2.32. The topological polar surface area (TPSA) is 27.7 Å². The van der Waals surface area contributed by atoms with E-state index in [2.05, 4.69) is 6.42 Å². The zero-order valence-corrected chi connectivity index (χ0v) is 7.07. The van der Waals surface area contributed by atoms with E-state index in [0.29, 0.717) is 12.0 Å². The average Bonchev–Trinajstić information content (AvgIpc) is 2.21. The maximum atomic E-state index is 5.59. The van der Waals surface area contributed by atoms with Gasteiger partial charge in [0.2, 0.25) is 6.79 Å². The largest absolute Gasteiger partial charge is 0.377 e. The van der Waals surface area contributed by atoms with Crippen molar-refractivity contribution in [2.24, 2.45) is 5.92 Å². The molecular weight excluding hydrogens is 156 g/mol. The Morgan fingerprint density at radius 3 is 2.67 bits per heavy atom. The standard InChI is InChI=1S/C9H14O3/c1-2-4-12-9(3-1)8-5-10-7-11-6-8/h2,7-9H,1,3-6H2. The van der Waals surface area contributed by atoms with Crippen LogP contribution in [0.3, 0.4) is 0 Å². The lowest BCUT2D eigenvalue weighted by atomic mass is 9.97. The maximum absolute atomic E-state index is 5.59. The molecular formula is C9H14O3. The van der Waals surface area contributed by atoms with Crippen LogP contribution < -0.4 is 0 Å². The zero-order valence-electron chi connectivity index (χ0n) is 7.07. The van der Waals surface area contributed by atoms with Crippen molar-refractivity contribution >= 4 is 0 Å². The van der Waals surface area contributed by atoms with Gasteiger partial charge < -0.3 is 14.2 Å². The minimum absolute atomic E-state index is 0.337. The van der Waals surface area contributed by atoms with Crippen LogP contribution in [0.1, 0.15) is 12.8 Å². The molecule has 0 amide bonds. The van der Waals surface area contributed by atoms with E-state index in [0.717, 1.165) is 32.7 Å². The quantitative estimate of drug-likeness (QED) is 0.591. The molecule has 1 atom stereocenters. The van der Waals surface area contributed by atoms with Crippen molar-refractivity contribution in [3.8, 4) is 0 Å². The summed E-state index contributed by atoms with van der Waals surface area (Å²) in [7, 11) is 0. The molecule has 12 heavy (non-hydrogen) atoms. The van der Waals surface area contributed by atoms with Gasteiger partial charge in [0.05, 0.1) is 25.9 Å². The molecule has 3 nitrogen and oxygen atoms in total. The van der Waals surface area contributed by atoms with Crippen LogP contribution in [0.4, 0.5) is 0 Å². The Labute approximate surface area is 73.0 Å². The molecule has 0 aliphatic carbocycles. The normalized spacial score (nSPS) is 33.5. The van der Waals surface area contributed by atoms with E-state index in [1.54, 1.807) is 0 Å². The Balaban J connectivity index is 1.80. The Hall–Kier alpha value is -0.120. The molecule has 1 unspecified atom stereocenters. The molecule has 2 aliphatic heterocycles. The van der Waals surface area contributed by atoms with Crippen LogP contribution in [0, 0.1) is 19.1 Å². The maximum Gasteiger partial charge on any atom is 0.209 e. The summed E-state index contributed by atoms with van der Waals surface area (Å²) in [4.78, 5) is 0. The first kappa shape index (κ1) is 8.48. The van der Waals surface area contributed by atoms with Crippen LogP contribution in [0.5, 0.6) is 0 Å². The second kappa shape index (κ2) is 4.21. The van der Waals surface area contributed by atoms with Gasteiger partial charge in [0.15, 0.2) is 0 Å². The third-order valence-corrected chi connectivity index (χ3v) is 2.37. The minimum atomic E-state index is 0.337. The monoisotopic (exact) mass is 170 g/mol. The highest BCUT2D eigenvalue weighted by Crippen LogP contribution is 2.22. The van der Waals surface area contributed by atoms with Crippen molar-refractivity contribution < 1.29 is 14.2 Å². The first-order valence-corrected chi connectivity index (χ1v) is 4.45. The van der Waals surface area contributed by atoms with Crippen LogP contribution in [0.2, 0.25) is 0 Å². The molecule has 2 fully saturated rings. The highest BCUT2D eigenvalue weighted by molar-refractivity contribution is 4.80. The molecule has 3 heteroatoms. The summed E-state index contributed by atoms with van der Waals surface area (Å²) in [5.41, 5.74) is 0. The van der Waals surface area contributed by atoms with Gasteiger partial charge in [-0.15, -0.1) is 0 Å². The summed E-state index contributed by atoms with van der Waals surface area (Å²) in [6.45, 7) is 3.69. The SMILES string of the molecule is [CH]1CCC(C2CO[CH]OC2)OC1. The van der Waals surface area contributed by atoms with Crippen molar-refractivity contribution in [1.29, 1.82) is 0 Å². The fraction of sp³-hybridized carbons (Fsp3) is 0.778. The zero-order chi connectivity index (χ0) is 8.23. The van der Waals surface area contributed by atoms with Crippen molar-refractivity contribution in [3.63, 3.8) is 0 Å². The molecule has 68 valence electrons.